The smallest absolute Gasteiger partial charge is 0.121 e. The highest BCUT2D eigenvalue weighted by Gasteiger charge is 2.14. The van der Waals surface area contributed by atoms with E-state index in [4.69, 9.17) is 9.15 Å². The second-order valence-electron chi connectivity index (χ2n) is 4.39. The molecule has 0 aliphatic carbocycles. The molecule has 0 fully saturated rings. The second kappa shape index (κ2) is 5.74. The lowest BCUT2D eigenvalue weighted by Gasteiger charge is -2.15. The van der Waals surface area contributed by atoms with Gasteiger partial charge in [0.15, 0.2) is 0 Å². The Bertz CT molecular complexity index is 488. The van der Waals surface area contributed by atoms with Gasteiger partial charge in [0.1, 0.15) is 11.5 Å². The maximum Gasteiger partial charge on any atom is 0.121 e. The highest BCUT2D eigenvalue weighted by atomic mass is 16.5. The molecule has 96 valence electrons. The first-order valence-electron chi connectivity index (χ1n) is 6.02. The highest BCUT2D eigenvalue weighted by Crippen LogP contribution is 2.26. The van der Waals surface area contributed by atoms with Gasteiger partial charge in [0.25, 0.3) is 0 Å². The molecule has 0 saturated carbocycles. The van der Waals surface area contributed by atoms with Gasteiger partial charge in [0.05, 0.1) is 20.0 Å². The van der Waals surface area contributed by atoms with Crippen molar-refractivity contribution in [2.45, 2.75) is 19.3 Å². The van der Waals surface area contributed by atoms with Crippen molar-refractivity contribution in [3.8, 4) is 5.75 Å². The summed E-state index contributed by atoms with van der Waals surface area (Å²) in [4.78, 5) is 0. The van der Waals surface area contributed by atoms with Crippen LogP contribution in [0.25, 0.3) is 0 Å². The van der Waals surface area contributed by atoms with Gasteiger partial charge in [-0.3, -0.25) is 0 Å². The first-order valence-corrected chi connectivity index (χ1v) is 6.02. The van der Waals surface area contributed by atoms with E-state index in [1.54, 1.807) is 13.4 Å². The lowest BCUT2D eigenvalue weighted by atomic mass is 9.94. The van der Waals surface area contributed by atoms with Gasteiger partial charge in [-0.25, -0.2) is 0 Å². The standard InChI is InChI=1S/C15H18O3/c1-11-8-12(5-6-15(11)17-2)13(10-16)9-14-4-3-7-18-14/h3-8,13,16H,9-10H2,1-2H3. The van der Waals surface area contributed by atoms with Crippen LogP contribution < -0.4 is 4.74 Å². The second-order valence-corrected chi connectivity index (χ2v) is 4.39. The predicted molar refractivity (Wildman–Crippen MR) is 70.0 cm³/mol. The van der Waals surface area contributed by atoms with E-state index in [-0.39, 0.29) is 12.5 Å². The van der Waals surface area contributed by atoms with Crippen LogP contribution in [0.2, 0.25) is 0 Å². The number of ether oxygens (including phenoxy) is 1. The number of hydrogen-bond donors (Lipinski definition) is 1. The molecule has 3 heteroatoms. The van der Waals surface area contributed by atoms with Crippen LogP contribution in [-0.4, -0.2) is 18.8 Å². The van der Waals surface area contributed by atoms with Gasteiger partial charge < -0.3 is 14.3 Å². The molecule has 0 aliphatic rings. The average Bonchev–Trinajstić information content (AvgIpc) is 2.88. The minimum Gasteiger partial charge on any atom is -0.496 e. The number of aliphatic hydroxyl groups excluding tert-OH is 1. The van der Waals surface area contributed by atoms with E-state index in [1.165, 1.54) is 0 Å². The van der Waals surface area contributed by atoms with Crippen LogP contribution in [0.1, 0.15) is 22.8 Å². The molecule has 0 bridgehead atoms. The van der Waals surface area contributed by atoms with Crippen molar-refractivity contribution in [1.82, 2.24) is 0 Å². The van der Waals surface area contributed by atoms with Gasteiger partial charge in [-0.05, 0) is 36.2 Å². The Morgan fingerprint density at radius 2 is 2.17 bits per heavy atom. The fourth-order valence-corrected chi connectivity index (χ4v) is 2.11. The first kappa shape index (κ1) is 12.7. The Hall–Kier alpha value is -1.74. The van der Waals surface area contributed by atoms with Crippen LogP contribution in [0.4, 0.5) is 0 Å². The molecule has 0 spiro atoms. The van der Waals surface area contributed by atoms with Crippen LogP contribution in [-0.2, 0) is 6.42 Å². The predicted octanol–water partition coefficient (Wildman–Crippen LogP) is 2.92. The average molecular weight is 246 g/mol. The molecule has 2 rings (SSSR count). The Kier molecular flexibility index (Phi) is 4.05. The molecule has 1 aromatic heterocycles. The van der Waals surface area contributed by atoms with E-state index in [2.05, 4.69) is 6.07 Å². The van der Waals surface area contributed by atoms with Crippen molar-refractivity contribution in [2.24, 2.45) is 0 Å². The van der Waals surface area contributed by atoms with E-state index in [1.807, 2.05) is 31.2 Å². The molecule has 0 amide bonds. The normalized spacial score (nSPS) is 12.4. The molecular formula is C15H18O3. The maximum atomic E-state index is 9.52. The summed E-state index contributed by atoms with van der Waals surface area (Å²) in [5.74, 6) is 1.82. The SMILES string of the molecule is COc1ccc(C(CO)Cc2ccco2)cc1C. The van der Waals surface area contributed by atoms with Crippen LogP contribution >= 0.6 is 0 Å². The van der Waals surface area contributed by atoms with Crippen molar-refractivity contribution in [3.63, 3.8) is 0 Å². The largest absolute Gasteiger partial charge is 0.496 e. The van der Waals surface area contributed by atoms with Crippen LogP contribution in [0.3, 0.4) is 0 Å². The minimum atomic E-state index is 0.0563. The molecule has 1 N–H and O–H groups in total. The van der Waals surface area contributed by atoms with Crippen LogP contribution in [0.15, 0.2) is 41.0 Å². The third-order valence-corrected chi connectivity index (χ3v) is 3.14. The van der Waals surface area contributed by atoms with Gasteiger partial charge in [0.2, 0.25) is 0 Å². The molecule has 3 nitrogen and oxygen atoms in total. The molecular weight excluding hydrogens is 228 g/mol. The Morgan fingerprint density at radius 1 is 1.33 bits per heavy atom. The number of aryl methyl sites for hydroxylation is 1. The molecule has 2 aromatic rings. The molecule has 18 heavy (non-hydrogen) atoms. The van der Waals surface area contributed by atoms with Crippen molar-refractivity contribution in [3.05, 3.63) is 53.5 Å². The molecule has 1 atom stereocenters. The Morgan fingerprint density at radius 3 is 2.72 bits per heavy atom. The first-order chi connectivity index (χ1) is 8.74. The highest BCUT2D eigenvalue weighted by molar-refractivity contribution is 5.37. The summed E-state index contributed by atoms with van der Waals surface area (Å²) in [6.07, 6.45) is 2.36. The van der Waals surface area contributed by atoms with Gasteiger partial charge >= 0.3 is 0 Å². The minimum absolute atomic E-state index is 0.0563. The van der Waals surface area contributed by atoms with Crippen LogP contribution in [0, 0.1) is 6.92 Å². The third-order valence-electron chi connectivity index (χ3n) is 3.14. The summed E-state index contributed by atoms with van der Waals surface area (Å²) < 4.78 is 10.6. The third kappa shape index (κ3) is 2.74. The van der Waals surface area contributed by atoms with E-state index >= 15 is 0 Å². The van der Waals surface area contributed by atoms with Gasteiger partial charge in [-0.1, -0.05) is 12.1 Å². The lowest BCUT2D eigenvalue weighted by molar-refractivity contribution is 0.259. The summed E-state index contributed by atoms with van der Waals surface area (Å²) in [7, 11) is 1.66. The van der Waals surface area contributed by atoms with Crippen LogP contribution in [0.5, 0.6) is 5.75 Å². The zero-order valence-corrected chi connectivity index (χ0v) is 10.7. The summed E-state index contributed by atoms with van der Waals surface area (Å²) in [5, 5.41) is 9.52. The summed E-state index contributed by atoms with van der Waals surface area (Å²) in [6, 6.07) is 9.79. The van der Waals surface area contributed by atoms with Gasteiger partial charge in [-0.2, -0.15) is 0 Å². The molecule has 1 unspecified atom stereocenters. The number of furan rings is 1. The van der Waals surface area contributed by atoms with E-state index < -0.39 is 0 Å². The monoisotopic (exact) mass is 246 g/mol. The Labute approximate surface area is 107 Å². The molecule has 0 aliphatic heterocycles. The van der Waals surface area contributed by atoms with Crippen molar-refractivity contribution in [2.75, 3.05) is 13.7 Å². The number of aliphatic hydroxyl groups is 1. The summed E-state index contributed by atoms with van der Waals surface area (Å²) in [6.45, 7) is 2.11. The number of methoxy groups -OCH3 is 1. The van der Waals surface area contributed by atoms with Gasteiger partial charge in [-0.15, -0.1) is 0 Å². The Balaban J connectivity index is 2.19. The number of benzene rings is 1. The van der Waals surface area contributed by atoms with Crippen molar-refractivity contribution in [1.29, 1.82) is 0 Å². The maximum absolute atomic E-state index is 9.52. The molecule has 1 aromatic carbocycles. The summed E-state index contributed by atoms with van der Waals surface area (Å²) in [5.41, 5.74) is 2.18. The zero-order valence-electron chi connectivity index (χ0n) is 10.7. The fourth-order valence-electron chi connectivity index (χ4n) is 2.11. The summed E-state index contributed by atoms with van der Waals surface area (Å²) >= 11 is 0. The fraction of sp³-hybridized carbons (Fsp3) is 0.333. The number of hydrogen-bond acceptors (Lipinski definition) is 3. The number of rotatable bonds is 5. The van der Waals surface area contributed by atoms with Gasteiger partial charge in [0, 0.05) is 12.3 Å². The molecule has 1 heterocycles. The quantitative estimate of drug-likeness (QED) is 0.882. The van der Waals surface area contributed by atoms with Crippen molar-refractivity contribution >= 4 is 0 Å². The van der Waals surface area contributed by atoms with E-state index in [0.717, 1.165) is 22.6 Å². The van der Waals surface area contributed by atoms with E-state index in [0.29, 0.717) is 6.42 Å². The molecule has 0 radical (unpaired) electrons. The van der Waals surface area contributed by atoms with Crippen molar-refractivity contribution < 1.29 is 14.3 Å². The molecule has 0 saturated heterocycles. The van der Waals surface area contributed by atoms with E-state index in [9.17, 15) is 5.11 Å². The topological polar surface area (TPSA) is 42.6 Å². The lowest BCUT2D eigenvalue weighted by Crippen LogP contribution is -2.07. The zero-order chi connectivity index (χ0) is 13.0.